The van der Waals surface area contributed by atoms with Crippen molar-refractivity contribution in [3.8, 4) is 17.0 Å². The number of fused-ring (bicyclic) bond motifs is 1. The van der Waals surface area contributed by atoms with E-state index in [4.69, 9.17) is 9.84 Å². The van der Waals surface area contributed by atoms with Crippen LogP contribution in [0.25, 0.3) is 21.3 Å². The Morgan fingerprint density at radius 3 is 2.81 bits per heavy atom. The molecule has 0 bridgehead atoms. The predicted octanol–water partition coefficient (Wildman–Crippen LogP) is 5.35. The lowest BCUT2D eigenvalue weighted by molar-refractivity contribution is -0.136. The van der Waals surface area contributed by atoms with Crippen molar-refractivity contribution in [3.05, 3.63) is 70.9 Å². The van der Waals surface area contributed by atoms with Gasteiger partial charge in [0.15, 0.2) is 0 Å². The molecular weight excluding hydrogens is 422 g/mol. The number of aromatic nitrogens is 2. The van der Waals surface area contributed by atoms with E-state index >= 15 is 0 Å². The average molecular weight is 448 g/mol. The predicted molar refractivity (Wildman–Crippen MR) is 129 cm³/mol. The Bertz CT molecular complexity index is 1250. The third kappa shape index (κ3) is 5.23. The van der Waals surface area contributed by atoms with E-state index in [9.17, 15) is 4.79 Å². The molecule has 2 heterocycles. The van der Waals surface area contributed by atoms with Gasteiger partial charge in [-0.2, -0.15) is 0 Å². The van der Waals surface area contributed by atoms with Gasteiger partial charge in [-0.3, -0.25) is 4.79 Å². The molecule has 0 aliphatic carbocycles. The van der Waals surface area contributed by atoms with E-state index in [-0.39, 0.29) is 6.42 Å². The number of hydrogen-bond donors (Lipinski definition) is 2. The van der Waals surface area contributed by atoms with Crippen molar-refractivity contribution < 1.29 is 14.6 Å². The zero-order valence-electron chi connectivity index (χ0n) is 18.1. The molecule has 0 fully saturated rings. The fourth-order valence-corrected chi connectivity index (χ4v) is 4.40. The maximum Gasteiger partial charge on any atom is 0.307 e. The molecule has 7 heteroatoms. The number of carboxylic acid groups (broad SMARTS) is 1. The van der Waals surface area contributed by atoms with E-state index < -0.39 is 5.97 Å². The Balaban J connectivity index is 1.50. The third-order valence-electron chi connectivity index (χ3n) is 5.08. The monoisotopic (exact) mass is 447 g/mol. The van der Waals surface area contributed by atoms with Gasteiger partial charge in [0.25, 0.3) is 0 Å². The summed E-state index contributed by atoms with van der Waals surface area (Å²) in [7, 11) is 0. The highest BCUT2D eigenvalue weighted by Crippen LogP contribution is 2.28. The quantitative estimate of drug-likeness (QED) is 0.360. The van der Waals surface area contributed by atoms with Crippen LogP contribution in [-0.2, 0) is 17.6 Å². The smallest absolute Gasteiger partial charge is 0.307 e. The van der Waals surface area contributed by atoms with Gasteiger partial charge in [-0.25, -0.2) is 9.97 Å². The van der Waals surface area contributed by atoms with Crippen LogP contribution in [0.5, 0.6) is 5.75 Å². The van der Waals surface area contributed by atoms with Crippen LogP contribution in [0.4, 0.5) is 5.82 Å². The maximum absolute atomic E-state index is 11.1. The zero-order valence-corrected chi connectivity index (χ0v) is 18.9. The van der Waals surface area contributed by atoms with Crippen LogP contribution in [0.1, 0.15) is 23.9 Å². The molecule has 2 aromatic heterocycles. The van der Waals surface area contributed by atoms with E-state index in [1.807, 2.05) is 32.0 Å². The van der Waals surface area contributed by atoms with Crippen LogP contribution >= 0.6 is 11.3 Å². The van der Waals surface area contributed by atoms with Crippen molar-refractivity contribution in [1.29, 1.82) is 0 Å². The molecule has 0 amide bonds. The van der Waals surface area contributed by atoms with E-state index in [1.165, 1.54) is 15.6 Å². The van der Waals surface area contributed by atoms with Gasteiger partial charge in [0.2, 0.25) is 0 Å². The summed E-state index contributed by atoms with van der Waals surface area (Å²) in [4.78, 5) is 20.2. The lowest BCUT2D eigenvalue weighted by atomic mass is 10.0. The van der Waals surface area contributed by atoms with E-state index in [0.29, 0.717) is 23.7 Å². The van der Waals surface area contributed by atoms with Crippen molar-refractivity contribution in [2.45, 2.75) is 26.7 Å². The van der Waals surface area contributed by atoms with Gasteiger partial charge in [0.05, 0.1) is 18.7 Å². The summed E-state index contributed by atoms with van der Waals surface area (Å²) < 4.78 is 6.98. The fourth-order valence-electron chi connectivity index (χ4n) is 3.63. The first-order valence-corrected chi connectivity index (χ1v) is 11.4. The Kier molecular flexibility index (Phi) is 6.66. The van der Waals surface area contributed by atoms with Crippen LogP contribution in [-0.4, -0.2) is 34.2 Å². The molecule has 0 unspecified atom stereocenters. The molecule has 4 rings (SSSR count). The molecule has 164 valence electrons. The fraction of sp³-hybridized carbons (Fsp3) is 0.240. The number of rotatable bonds is 9. The average Bonchev–Trinajstić information content (AvgIpc) is 3.22. The van der Waals surface area contributed by atoms with Crippen LogP contribution in [0, 0.1) is 6.92 Å². The number of aliphatic carboxylic acids is 1. The van der Waals surface area contributed by atoms with Crippen molar-refractivity contribution in [2.24, 2.45) is 0 Å². The van der Waals surface area contributed by atoms with E-state index in [2.05, 4.69) is 44.9 Å². The molecule has 0 saturated heterocycles. The summed E-state index contributed by atoms with van der Waals surface area (Å²) in [5.74, 6) is 1.11. The molecule has 0 aliphatic rings. The molecule has 32 heavy (non-hydrogen) atoms. The first-order chi connectivity index (χ1) is 15.5. The normalized spacial score (nSPS) is 10.9. The topological polar surface area (TPSA) is 84.3 Å². The highest BCUT2D eigenvalue weighted by atomic mass is 32.1. The van der Waals surface area contributed by atoms with Gasteiger partial charge in [-0.1, -0.05) is 24.3 Å². The van der Waals surface area contributed by atoms with Gasteiger partial charge in [-0.15, -0.1) is 11.3 Å². The van der Waals surface area contributed by atoms with Gasteiger partial charge in [0.1, 0.15) is 17.4 Å². The maximum atomic E-state index is 11.1. The van der Waals surface area contributed by atoms with Crippen LogP contribution < -0.4 is 10.1 Å². The molecule has 0 saturated carbocycles. The van der Waals surface area contributed by atoms with Crippen molar-refractivity contribution in [3.63, 3.8) is 0 Å². The minimum atomic E-state index is -0.888. The Morgan fingerprint density at radius 1 is 1.12 bits per heavy atom. The van der Waals surface area contributed by atoms with Gasteiger partial charge in [0, 0.05) is 28.4 Å². The molecule has 0 radical (unpaired) electrons. The van der Waals surface area contributed by atoms with E-state index in [0.717, 1.165) is 30.0 Å². The minimum Gasteiger partial charge on any atom is -0.494 e. The van der Waals surface area contributed by atoms with Crippen LogP contribution in [0.15, 0.2) is 53.9 Å². The second kappa shape index (κ2) is 9.78. The van der Waals surface area contributed by atoms with Crippen molar-refractivity contribution in [2.75, 3.05) is 18.5 Å². The van der Waals surface area contributed by atoms with E-state index in [1.54, 1.807) is 17.4 Å². The number of nitrogens with one attached hydrogen (secondary N) is 1. The largest absolute Gasteiger partial charge is 0.494 e. The number of thiophene rings is 1. The Morgan fingerprint density at radius 2 is 2.00 bits per heavy atom. The Hall–Kier alpha value is -3.45. The Labute approximate surface area is 190 Å². The van der Waals surface area contributed by atoms with Crippen molar-refractivity contribution >= 4 is 33.2 Å². The summed E-state index contributed by atoms with van der Waals surface area (Å²) in [6, 6.07) is 16.2. The zero-order chi connectivity index (χ0) is 22.5. The van der Waals surface area contributed by atoms with Crippen LogP contribution in [0.3, 0.4) is 0 Å². The number of anilines is 1. The lowest BCUT2D eigenvalue weighted by Crippen LogP contribution is -2.08. The van der Waals surface area contributed by atoms with Gasteiger partial charge in [-0.05, 0) is 54.8 Å². The molecule has 0 aliphatic heterocycles. The standard InChI is InChI=1S/C25H25N3O3S/c1-3-31-22-13-18(5-6-19(22)14-25(29)30)21-15-24(28-16(2)27-21)26-10-8-17-4-7-23-20(12-17)9-11-32-23/h4-7,9,11-13,15H,3,8,10,14H2,1-2H3,(H,29,30)(H,26,27,28). The summed E-state index contributed by atoms with van der Waals surface area (Å²) in [6.07, 6.45) is 0.810. The molecule has 0 atom stereocenters. The summed E-state index contributed by atoms with van der Waals surface area (Å²) >= 11 is 1.75. The first-order valence-electron chi connectivity index (χ1n) is 10.6. The van der Waals surface area contributed by atoms with Gasteiger partial charge >= 0.3 is 5.97 Å². The number of ether oxygens (including phenoxy) is 1. The number of hydrogen-bond acceptors (Lipinski definition) is 6. The molecule has 4 aromatic rings. The second-order valence-electron chi connectivity index (χ2n) is 7.48. The van der Waals surface area contributed by atoms with Crippen molar-refractivity contribution in [1.82, 2.24) is 9.97 Å². The molecular formula is C25H25N3O3S. The second-order valence-corrected chi connectivity index (χ2v) is 8.43. The highest BCUT2D eigenvalue weighted by molar-refractivity contribution is 7.17. The number of aryl methyl sites for hydroxylation is 1. The van der Waals surface area contributed by atoms with Gasteiger partial charge < -0.3 is 15.2 Å². The minimum absolute atomic E-state index is 0.0810. The first kappa shape index (κ1) is 21.8. The third-order valence-corrected chi connectivity index (χ3v) is 5.98. The molecule has 2 N–H and O–H groups in total. The SMILES string of the molecule is CCOc1cc(-c2cc(NCCc3ccc4sccc4c3)nc(C)n2)ccc1CC(=O)O. The number of nitrogens with zero attached hydrogens (tertiary/aromatic N) is 2. The summed E-state index contributed by atoms with van der Waals surface area (Å²) in [6.45, 7) is 4.96. The number of carbonyl (C=O) groups is 1. The van der Waals surface area contributed by atoms with Crippen LogP contribution in [0.2, 0.25) is 0 Å². The molecule has 0 spiro atoms. The molecule has 2 aromatic carbocycles. The number of carboxylic acids is 1. The highest BCUT2D eigenvalue weighted by Gasteiger charge is 2.12. The number of benzene rings is 2. The molecule has 6 nitrogen and oxygen atoms in total. The lowest BCUT2D eigenvalue weighted by Gasteiger charge is -2.12. The summed E-state index contributed by atoms with van der Waals surface area (Å²) in [5.41, 5.74) is 3.56. The summed E-state index contributed by atoms with van der Waals surface area (Å²) in [5, 5.41) is 15.9.